The molecule has 1 aliphatic rings. The Morgan fingerprint density at radius 3 is 2.79 bits per heavy atom. The molecule has 8 nitrogen and oxygen atoms in total. The van der Waals surface area contributed by atoms with Gasteiger partial charge in [-0.1, -0.05) is 30.3 Å². The van der Waals surface area contributed by atoms with Crippen molar-refractivity contribution in [3.8, 4) is 22.9 Å². The first-order valence-electron chi connectivity index (χ1n) is 13.8. The number of carboxylic acid groups (broad SMARTS) is 1. The number of aryl methyl sites for hydroxylation is 1. The Kier molecular flexibility index (Phi) is 7.58. The summed E-state index contributed by atoms with van der Waals surface area (Å²) in [5.74, 6) is 0.513. The van der Waals surface area contributed by atoms with Crippen molar-refractivity contribution in [2.24, 2.45) is 0 Å². The number of halogens is 1. The topological polar surface area (TPSA) is 95.7 Å². The molecule has 1 aliphatic heterocycles. The standard InChI is InChI=1S/C33H30FN3O5/c1-20-6-10-24-29(12-14-41-30(24)16-20)42-32-5-3-4-26(36-32)22-8-7-21(25(34)17-22)19-31-35-27-11-9-23(33(38)39)18-28(27)37(31)13-15-40-2/h3-11,16-18,29H,12-15,19H2,1-2H3,(H,38,39). The van der Waals surface area contributed by atoms with Gasteiger partial charge in [-0.2, -0.15) is 0 Å². The van der Waals surface area contributed by atoms with Gasteiger partial charge in [-0.25, -0.2) is 19.2 Å². The zero-order valence-corrected chi connectivity index (χ0v) is 23.3. The van der Waals surface area contributed by atoms with Crippen molar-refractivity contribution in [2.75, 3.05) is 20.3 Å². The van der Waals surface area contributed by atoms with Gasteiger partial charge in [-0.3, -0.25) is 0 Å². The van der Waals surface area contributed by atoms with Crippen molar-refractivity contribution in [3.05, 3.63) is 107 Å². The lowest BCUT2D eigenvalue weighted by Crippen LogP contribution is -2.19. The summed E-state index contributed by atoms with van der Waals surface area (Å²) in [4.78, 5) is 20.9. The first kappa shape index (κ1) is 27.4. The number of benzene rings is 3. The van der Waals surface area contributed by atoms with Crippen molar-refractivity contribution in [1.82, 2.24) is 14.5 Å². The van der Waals surface area contributed by atoms with Crippen molar-refractivity contribution in [1.29, 1.82) is 0 Å². The second-order valence-corrected chi connectivity index (χ2v) is 10.3. The number of rotatable bonds is 9. The molecule has 9 heteroatoms. The number of aromatic carboxylic acids is 1. The van der Waals surface area contributed by atoms with Gasteiger partial charge in [-0.15, -0.1) is 0 Å². The molecule has 0 spiro atoms. The van der Waals surface area contributed by atoms with E-state index in [9.17, 15) is 9.90 Å². The molecular formula is C33H30FN3O5. The molecule has 0 radical (unpaired) electrons. The molecular weight excluding hydrogens is 537 g/mol. The van der Waals surface area contributed by atoms with E-state index in [4.69, 9.17) is 14.2 Å². The molecule has 2 aromatic heterocycles. The van der Waals surface area contributed by atoms with Gasteiger partial charge < -0.3 is 23.9 Å². The maximum absolute atomic E-state index is 15.5. The average Bonchev–Trinajstić information content (AvgIpc) is 3.33. The summed E-state index contributed by atoms with van der Waals surface area (Å²) in [6.07, 6.45) is 0.754. The second kappa shape index (κ2) is 11.6. The van der Waals surface area contributed by atoms with Gasteiger partial charge in [0.15, 0.2) is 0 Å². The van der Waals surface area contributed by atoms with E-state index in [0.717, 1.165) is 16.9 Å². The summed E-state index contributed by atoms with van der Waals surface area (Å²) in [5.41, 5.74) is 5.29. The fraction of sp³-hybridized carbons (Fsp3) is 0.242. The number of imidazole rings is 1. The van der Waals surface area contributed by atoms with Crippen LogP contribution >= 0.6 is 0 Å². The Bertz CT molecular complexity index is 1780. The Morgan fingerprint density at radius 2 is 1.98 bits per heavy atom. The van der Waals surface area contributed by atoms with Gasteiger partial charge in [0.25, 0.3) is 0 Å². The molecule has 5 aromatic rings. The SMILES string of the molecule is COCCn1c(Cc2ccc(-c3cccc(OC4CCOc5cc(C)ccc54)n3)cc2F)nc2ccc(C(=O)O)cc21. The summed E-state index contributed by atoms with van der Waals surface area (Å²) in [6, 6.07) is 21.4. The number of aromatic nitrogens is 3. The van der Waals surface area contributed by atoms with E-state index in [1.54, 1.807) is 31.4 Å². The minimum Gasteiger partial charge on any atom is -0.493 e. The lowest BCUT2D eigenvalue weighted by atomic mass is 10.0. The van der Waals surface area contributed by atoms with Crippen LogP contribution in [0.3, 0.4) is 0 Å². The molecule has 214 valence electrons. The van der Waals surface area contributed by atoms with E-state index in [-0.39, 0.29) is 23.9 Å². The second-order valence-electron chi connectivity index (χ2n) is 10.3. The van der Waals surface area contributed by atoms with Crippen LogP contribution in [0.5, 0.6) is 11.6 Å². The molecule has 0 saturated heterocycles. The molecule has 3 aromatic carbocycles. The number of fused-ring (bicyclic) bond motifs is 2. The molecule has 6 rings (SSSR count). The van der Waals surface area contributed by atoms with Crippen molar-refractivity contribution in [2.45, 2.75) is 32.4 Å². The highest BCUT2D eigenvalue weighted by atomic mass is 19.1. The summed E-state index contributed by atoms with van der Waals surface area (Å²) < 4.78 is 34.7. The van der Waals surface area contributed by atoms with Crippen LogP contribution in [0.2, 0.25) is 0 Å². The van der Waals surface area contributed by atoms with E-state index in [2.05, 4.69) is 9.97 Å². The zero-order chi connectivity index (χ0) is 29.2. The summed E-state index contributed by atoms with van der Waals surface area (Å²) >= 11 is 0. The summed E-state index contributed by atoms with van der Waals surface area (Å²) in [7, 11) is 1.59. The van der Waals surface area contributed by atoms with Crippen LogP contribution in [0.4, 0.5) is 4.39 Å². The third-order valence-corrected chi connectivity index (χ3v) is 7.43. The first-order valence-corrected chi connectivity index (χ1v) is 13.8. The number of carboxylic acids is 1. The van der Waals surface area contributed by atoms with Crippen LogP contribution in [0.1, 0.15) is 45.4 Å². The minimum atomic E-state index is -1.02. The van der Waals surface area contributed by atoms with Crippen LogP contribution in [0.15, 0.2) is 72.8 Å². The number of carbonyl (C=O) groups is 1. The van der Waals surface area contributed by atoms with Crippen molar-refractivity contribution < 1.29 is 28.5 Å². The van der Waals surface area contributed by atoms with Crippen LogP contribution in [0, 0.1) is 12.7 Å². The molecule has 0 saturated carbocycles. The maximum atomic E-state index is 15.5. The highest BCUT2D eigenvalue weighted by Crippen LogP contribution is 2.36. The van der Waals surface area contributed by atoms with Gasteiger partial charge in [0, 0.05) is 43.7 Å². The number of hydrogen-bond acceptors (Lipinski definition) is 6. The molecule has 1 N–H and O–H groups in total. The molecule has 42 heavy (non-hydrogen) atoms. The predicted octanol–water partition coefficient (Wildman–Crippen LogP) is 6.38. The van der Waals surface area contributed by atoms with E-state index < -0.39 is 5.97 Å². The zero-order valence-electron chi connectivity index (χ0n) is 23.3. The Morgan fingerprint density at radius 1 is 1.10 bits per heavy atom. The largest absolute Gasteiger partial charge is 0.493 e. The number of ether oxygens (including phenoxy) is 3. The monoisotopic (exact) mass is 567 g/mol. The number of pyridine rings is 1. The molecule has 0 aliphatic carbocycles. The Hall–Kier alpha value is -4.76. The average molecular weight is 568 g/mol. The third kappa shape index (κ3) is 5.56. The van der Waals surface area contributed by atoms with Crippen LogP contribution in [-0.4, -0.2) is 45.9 Å². The molecule has 0 amide bonds. The normalized spacial score (nSPS) is 14.4. The van der Waals surface area contributed by atoms with Gasteiger partial charge in [-0.05, 0) is 54.4 Å². The van der Waals surface area contributed by atoms with E-state index >= 15 is 4.39 Å². The molecule has 3 heterocycles. The molecule has 0 bridgehead atoms. The van der Waals surface area contributed by atoms with Gasteiger partial charge in [0.1, 0.15) is 23.5 Å². The Labute approximate surface area is 242 Å². The van der Waals surface area contributed by atoms with E-state index in [1.807, 2.05) is 47.9 Å². The molecule has 1 unspecified atom stereocenters. The van der Waals surface area contributed by atoms with Gasteiger partial charge in [0.05, 0.1) is 35.5 Å². The van der Waals surface area contributed by atoms with Crippen LogP contribution < -0.4 is 9.47 Å². The number of nitrogens with zero attached hydrogens (tertiary/aromatic N) is 3. The fourth-order valence-corrected chi connectivity index (χ4v) is 5.27. The highest BCUT2D eigenvalue weighted by Gasteiger charge is 2.24. The first-order chi connectivity index (χ1) is 20.4. The summed E-state index contributed by atoms with van der Waals surface area (Å²) in [6.45, 7) is 3.45. The lowest BCUT2D eigenvalue weighted by molar-refractivity contribution is 0.0697. The fourth-order valence-electron chi connectivity index (χ4n) is 5.27. The van der Waals surface area contributed by atoms with Gasteiger partial charge in [0.2, 0.25) is 5.88 Å². The highest BCUT2D eigenvalue weighted by molar-refractivity contribution is 5.92. The van der Waals surface area contributed by atoms with E-state index in [0.29, 0.717) is 65.7 Å². The molecule has 1 atom stereocenters. The summed E-state index contributed by atoms with van der Waals surface area (Å²) in [5, 5.41) is 9.44. The number of methoxy groups -OCH3 is 1. The lowest BCUT2D eigenvalue weighted by Gasteiger charge is -2.26. The quantitative estimate of drug-likeness (QED) is 0.221. The van der Waals surface area contributed by atoms with Crippen molar-refractivity contribution in [3.63, 3.8) is 0 Å². The predicted molar refractivity (Wildman–Crippen MR) is 156 cm³/mol. The van der Waals surface area contributed by atoms with Crippen LogP contribution in [-0.2, 0) is 17.7 Å². The maximum Gasteiger partial charge on any atom is 0.335 e. The van der Waals surface area contributed by atoms with Crippen molar-refractivity contribution >= 4 is 17.0 Å². The number of hydrogen-bond donors (Lipinski definition) is 1. The Balaban J connectivity index is 1.25. The minimum absolute atomic E-state index is 0.165. The van der Waals surface area contributed by atoms with E-state index in [1.165, 1.54) is 12.1 Å². The molecule has 0 fully saturated rings. The van der Waals surface area contributed by atoms with Gasteiger partial charge >= 0.3 is 5.97 Å². The van der Waals surface area contributed by atoms with Crippen LogP contribution in [0.25, 0.3) is 22.3 Å². The third-order valence-electron chi connectivity index (χ3n) is 7.43. The smallest absolute Gasteiger partial charge is 0.335 e.